The van der Waals surface area contributed by atoms with Crippen LogP contribution < -0.4 is 22.1 Å². The van der Waals surface area contributed by atoms with Crippen molar-refractivity contribution in [1.29, 1.82) is 0 Å². The number of amides is 3. The Morgan fingerprint density at radius 3 is 2.62 bits per heavy atom. The summed E-state index contributed by atoms with van der Waals surface area (Å²) in [7, 11) is 4.47. The highest BCUT2D eigenvalue weighted by Gasteiger charge is 2.33. The number of rotatable bonds is 13. The van der Waals surface area contributed by atoms with Crippen molar-refractivity contribution in [2.24, 2.45) is 22.4 Å². The molecular weight excluding hydrogens is 520 g/mol. The van der Waals surface area contributed by atoms with Gasteiger partial charge in [0, 0.05) is 31.1 Å². The Morgan fingerprint density at radius 1 is 1.21 bits per heavy atom. The van der Waals surface area contributed by atoms with E-state index in [1.807, 2.05) is 0 Å². The van der Waals surface area contributed by atoms with Crippen LogP contribution in [0.25, 0.3) is 0 Å². The maximum atomic E-state index is 13.1. The van der Waals surface area contributed by atoms with Gasteiger partial charge in [-0.05, 0) is 50.9 Å². The zero-order valence-corrected chi connectivity index (χ0v) is 23.9. The summed E-state index contributed by atoms with van der Waals surface area (Å²) in [6, 6.07) is -1.44. The number of aromatic nitrogens is 1. The lowest BCUT2D eigenvalue weighted by Crippen LogP contribution is -2.55. The van der Waals surface area contributed by atoms with E-state index in [0.717, 1.165) is 36.8 Å². The van der Waals surface area contributed by atoms with Gasteiger partial charge >= 0.3 is 0 Å². The number of nitrogens with one attached hydrogen (secondary N) is 2. The second-order valence-electron chi connectivity index (χ2n) is 11.2. The molecule has 12 nitrogen and oxygen atoms in total. The summed E-state index contributed by atoms with van der Waals surface area (Å²) in [4.78, 5) is 61.0. The second-order valence-corrected chi connectivity index (χ2v) is 12.1. The Bertz CT molecular complexity index is 1020. The Kier molecular flexibility index (Phi) is 11.2. The van der Waals surface area contributed by atoms with Crippen LogP contribution in [-0.4, -0.2) is 103 Å². The third-order valence-corrected chi connectivity index (χ3v) is 8.29. The fraction of sp³-hybridized carbons (Fsp3) is 0.692. The Labute approximate surface area is 234 Å². The molecule has 0 bridgehead atoms. The number of ketones is 1. The van der Waals surface area contributed by atoms with E-state index >= 15 is 0 Å². The van der Waals surface area contributed by atoms with Gasteiger partial charge in [0.05, 0.1) is 39.8 Å². The fourth-order valence-electron chi connectivity index (χ4n) is 5.12. The Hall–Kier alpha value is -3.06. The van der Waals surface area contributed by atoms with Gasteiger partial charge in [0.25, 0.3) is 0 Å². The van der Waals surface area contributed by atoms with Gasteiger partial charge in [-0.15, -0.1) is 11.3 Å². The van der Waals surface area contributed by atoms with Gasteiger partial charge in [-0.3, -0.25) is 24.2 Å². The molecule has 0 aliphatic carbocycles. The summed E-state index contributed by atoms with van der Waals surface area (Å²) in [5.74, 6) is -0.608. The molecule has 3 rings (SSSR count). The number of Topliss-reactive ketones (excluding diaryl/α,β-unsaturated/α-hetero) is 1. The minimum atomic E-state index is -0.808. The summed E-state index contributed by atoms with van der Waals surface area (Å²) in [6.45, 7) is 2.80. The lowest BCUT2D eigenvalue weighted by atomic mass is 9.91. The molecule has 2 fully saturated rings. The number of hydrogen-bond acceptors (Lipinski definition) is 7. The normalized spacial score (nSPS) is 20.2. The maximum absolute atomic E-state index is 13.1. The van der Waals surface area contributed by atoms with Crippen molar-refractivity contribution in [2.75, 3.05) is 46.8 Å². The van der Waals surface area contributed by atoms with E-state index in [1.54, 1.807) is 5.38 Å². The SMILES string of the molecule is C[N+]1(C)CCC(CCC(=O)N[C@H]2CCCN(CC(=O)N[C@@H](CCCN=C(N)N)C(=O)c3nccs3)C2=O)CC1. The zero-order valence-electron chi connectivity index (χ0n) is 23.1. The van der Waals surface area contributed by atoms with Crippen LogP contribution in [0.2, 0.25) is 0 Å². The van der Waals surface area contributed by atoms with Crippen molar-refractivity contribution in [2.45, 2.75) is 63.5 Å². The molecule has 0 aromatic carbocycles. The molecule has 1 aromatic heterocycles. The van der Waals surface area contributed by atoms with E-state index in [2.05, 4.69) is 34.7 Å². The number of carbonyl (C=O) groups is 4. The third-order valence-electron chi connectivity index (χ3n) is 7.51. The van der Waals surface area contributed by atoms with Crippen molar-refractivity contribution in [3.05, 3.63) is 16.6 Å². The van der Waals surface area contributed by atoms with Crippen molar-refractivity contribution in [3.63, 3.8) is 0 Å². The lowest BCUT2D eigenvalue weighted by molar-refractivity contribution is -0.896. The van der Waals surface area contributed by atoms with Crippen LogP contribution in [0.3, 0.4) is 0 Å². The van der Waals surface area contributed by atoms with Crippen molar-refractivity contribution in [3.8, 4) is 0 Å². The van der Waals surface area contributed by atoms with Gasteiger partial charge in [-0.25, -0.2) is 4.98 Å². The zero-order chi connectivity index (χ0) is 28.4. The van der Waals surface area contributed by atoms with Gasteiger partial charge in [0.1, 0.15) is 6.04 Å². The highest BCUT2D eigenvalue weighted by Crippen LogP contribution is 2.24. The predicted molar refractivity (Wildman–Crippen MR) is 150 cm³/mol. The first-order chi connectivity index (χ1) is 18.5. The summed E-state index contributed by atoms with van der Waals surface area (Å²) in [5.41, 5.74) is 10.7. The van der Waals surface area contributed by atoms with Crippen molar-refractivity contribution >= 4 is 40.8 Å². The summed E-state index contributed by atoms with van der Waals surface area (Å²) in [5, 5.41) is 7.65. The number of carbonyl (C=O) groups excluding carboxylic acids is 4. The van der Waals surface area contributed by atoms with Gasteiger partial charge in [0.15, 0.2) is 11.0 Å². The van der Waals surface area contributed by atoms with Gasteiger partial charge in [-0.2, -0.15) is 0 Å². The summed E-state index contributed by atoms with van der Waals surface area (Å²) in [6.07, 6.45) is 7.04. The molecule has 216 valence electrons. The van der Waals surface area contributed by atoms with Crippen LogP contribution in [0.1, 0.15) is 61.2 Å². The smallest absolute Gasteiger partial charge is 0.245 e. The van der Waals surface area contributed by atoms with E-state index < -0.39 is 18.0 Å². The molecule has 0 radical (unpaired) electrons. The number of nitrogens with two attached hydrogens (primary N) is 2. The second kappa shape index (κ2) is 14.4. The van der Waals surface area contributed by atoms with Crippen LogP contribution in [0.5, 0.6) is 0 Å². The van der Waals surface area contributed by atoms with Gasteiger partial charge in [-0.1, -0.05) is 0 Å². The molecule has 0 saturated carbocycles. The molecule has 2 atom stereocenters. The van der Waals surface area contributed by atoms with E-state index in [4.69, 9.17) is 11.5 Å². The average molecular weight is 564 g/mol. The highest BCUT2D eigenvalue weighted by molar-refractivity contribution is 7.11. The number of likely N-dealkylation sites (tertiary alicyclic amines) is 2. The van der Waals surface area contributed by atoms with Gasteiger partial charge < -0.3 is 31.5 Å². The first-order valence-corrected chi connectivity index (χ1v) is 14.6. The largest absolute Gasteiger partial charge is 0.370 e. The van der Waals surface area contributed by atoms with Crippen LogP contribution >= 0.6 is 11.3 Å². The quantitative estimate of drug-likeness (QED) is 0.0874. The number of piperidine rings is 2. The molecule has 2 aliphatic heterocycles. The molecule has 3 heterocycles. The van der Waals surface area contributed by atoms with Gasteiger partial charge in [0.2, 0.25) is 23.5 Å². The molecule has 3 amide bonds. The van der Waals surface area contributed by atoms with E-state index in [0.29, 0.717) is 56.1 Å². The maximum Gasteiger partial charge on any atom is 0.245 e. The van der Waals surface area contributed by atoms with Crippen LogP contribution in [0, 0.1) is 5.92 Å². The number of quaternary nitrogens is 1. The summed E-state index contributed by atoms with van der Waals surface area (Å²) < 4.78 is 1.03. The minimum absolute atomic E-state index is 0.0376. The topological polar surface area (TPSA) is 173 Å². The number of thiazole rings is 1. The van der Waals surface area contributed by atoms with E-state index in [-0.39, 0.29) is 30.1 Å². The monoisotopic (exact) mass is 563 g/mol. The molecule has 13 heteroatoms. The first kappa shape index (κ1) is 30.5. The van der Waals surface area contributed by atoms with E-state index in [1.165, 1.54) is 22.4 Å². The minimum Gasteiger partial charge on any atom is -0.370 e. The molecule has 2 saturated heterocycles. The number of nitrogens with zero attached hydrogens (tertiary/aromatic N) is 4. The lowest BCUT2D eigenvalue weighted by Gasteiger charge is -2.37. The van der Waals surface area contributed by atoms with Crippen molar-refractivity contribution < 1.29 is 23.7 Å². The Morgan fingerprint density at radius 2 is 1.95 bits per heavy atom. The molecule has 1 aromatic rings. The number of guanidine groups is 1. The molecule has 6 N–H and O–H groups in total. The first-order valence-electron chi connectivity index (χ1n) is 13.7. The molecule has 0 spiro atoms. The number of aliphatic imine (C=N–C) groups is 1. The van der Waals surface area contributed by atoms with Crippen molar-refractivity contribution in [1.82, 2.24) is 20.5 Å². The Balaban J connectivity index is 1.48. The summed E-state index contributed by atoms with van der Waals surface area (Å²) >= 11 is 1.20. The predicted octanol–water partition coefficient (Wildman–Crippen LogP) is 0.238. The standard InChI is InChI=1S/C26H42N8O4S/c1-34(2)14-9-18(10-15-34)7-8-21(35)32-20-6-4-13-33(25(20)38)17-22(36)31-19(5-3-11-30-26(27)28)23(37)24-29-12-16-39-24/h12,16,18-20H,3-11,13-15,17H2,1-2H3,(H5-,27,28,30,31,32,35,36)/p+1/t19-,20-/m0/s1. The fourth-order valence-corrected chi connectivity index (χ4v) is 5.75. The molecule has 39 heavy (non-hydrogen) atoms. The molecule has 0 unspecified atom stereocenters. The molecular formula is C26H43N8O4S+. The van der Waals surface area contributed by atoms with Crippen LogP contribution in [-0.2, 0) is 14.4 Å². The molecule has 2 aliphatic rings. The number of hydrogen-bond donors (Lipinski definition) is 4. The third kappa shape index (κ3) is 9.88. The average Bonchev–Trinajstić information content (AvgIpc) is 3.42. The van der Waals surface area contributed by atoms with Crippen LogP contribution in [0.4, 0.5) is 0 Å². The highest BCUT2D eigenvalue weighted by atomic mass is 32.1. The van der Waals surface area contributed by atoms with Crippen LogP contribution in [0.15, 0.2) is 16.6 Å². The van der Waals surface area contributed by atoms with E-state index in [9.17, 15) is 19.2 Å².